The van der Waals surface area contributed by atoms with Crippen molar-refractivity contribution in [3.63, 3.8) is 0 Å². The molecule has 2 aromatic heterocycles. The van der Waals surface area contributed by atoms with Gasteiger partial charge in [-0.1, -0.05) is 13.8 Å². The maximum Gasteiger partial charge on any atom is 0.125 e. The van der Waals surface area contributed by atoms with Gasteiger partial charge in [0.15, 0.2) is 0 Å². The van der Waals surface area contributed by atoms with Crippen LogP contribution in [0.25, 0.3) is 0 Å². The first-order valence-electron chi connectivity index (χ1n) is 6.62. The number of thiophene rings is 1. The summed E-state index contributed by atoms with van der Waals surface area (Å²) in [5, 5.41) is 5.73. The molecule has 0 bridgehead atoms. The van der Waals surface area contributed by atoms with Gasteiger partial charge in [0.05, 0.1) is 6.04 Å². The summed E-state index contributed by atoms with van der Waals surface area (Å²) < 4.78 is 5.91. The molecule has 0 aromatic carbocycles. The van der Waals surface area contributed by atoms with Crippen molar-refractivity contribution in [3.8, 4) is 0 Å². The number of aryl methyl sites for hydroxylation is 2. The van der Waals surface area contributed by atoms with E-state index < -0.39 is 0 Å². The van der Waals surface area contributed by atoms with Gasteiger partial charge < -0.3 is 9.73 Å². The highest BCUT2D eigenvalue weighted by Crippen LogP contribution is 2.29. The highest BCUT2D eigenvalue weighted by molar-refractivity contribution is 7.10. The molecule has 0 spiro atoms. The smallest absolute Gasteiger partial charge is 0.125 e. The summed E-state index contributed by atoms with van der Waals surface area (Å²) in [5.41, 5.74) is 1.34. The molecule has 1 unspecified atom stereocenters. The van der Waals surface area contributed by atoms with E-state index >= 15 is 0 Å². The average molecular weight is 263 g/mol. The van der Waals surface area contributed by atoms with Gasteiger partial charge in [0.2, 0.25) is 0 Å². The zero-order chi connectivity index (χ0) is 13.0. The van der Waals surface area contributed by atoms with E-state index in [0.29, 0.717) is 0 Å². The molecule has 0 aliphatic rings. The van der Waals surface area contributed by atoms with Crippen LogP contribution in [-0.2, 0) is 6.42 Å². The van der Waals surface area contributed by atoms with E-state index in [0.717, 1.165) is 30.9 Å². The Morgan fingerprint density at radius 2 is 2.11 bits per heavy atom. The molecule has 98 valence electrons. The number of hydrogen-bond acceptors (Lipinski definition) is 3. The third kappa shape index (κ3) is 2.85. The molecule has 1 N–H and O–H groups in total. The van der Waals surface area contributed by atoms with Crippen LogP contribution in [0.1, 0.15) is 48.3 Å². The fraction of sp³-hybridized carbons (Fsp3) is 0.467. The van der Waals surface area contributed by atoms with Crippen LogP contribution in [0.2, 0.25) is 0 Å². The second kappa shape index (κ2) is 6.21. The first-order chi connectivity index (χ1) is 8.76. The molecule has 0 amide bonds. The lowest BCUT2D eigenvalue weighted by molar-refractivity contribution is 0.422. The minimum absolute atomic E-state index is 0.191. The quantitative estimate of drug-likeness (QED) is 0.840. The highest BCUT2D eigenvalue weighted by atomic mass is 32.1. The van der Waals surface area contributed by atoms with Gasteiger partial charge in [-0.3, -0.25) is 0 Å². The van der Waals surface area contributed by atoms with Crippen molar-refractivity contribution in [2.45, 2.75) is 39.7 Å². The third-order valence-electron chi connectivity index (χ3n) is 3.12. The van der Waals surface area contributed by atoms with E-state index in [1.165, 1.54) is 10.4 Å². The van der Waals surface area contributed by atoms with E-state index in [1.54, 1.807) is 11.3 Å². The summed E-state index contributed by atoms with van der Waals surface area (Å²) in [5.74, 6) is 2.09. The first kappa shape index (κ1) is 13.4. The van der Waals surface area contributed by atoms with Gasteiger partial charge in [-0.15, -0.1) is 11.3 Å². The van der Waals surface area contributed by atoms with Gasteiger partial charge in [0, 0.05) is 11.3 Å². The van der Waals surface area contributed by atoms with E-state index in [1.807, 2.05) is 0 Å². The van der Waals surface area contributed by atoms with Gasteiger partial charge in [-0.2, -0.15) is 0 Å². The van der Waals surface area contributed by atoms with Crippen LogP contribution in [-0.4, -0.2) is 6.54 Å². The number of hydrogen-bond donors (Lipinski definition) is 1. The Hall–Kier alpha value is -1.06. The molecule has 1 atom stereocenters. The zero-order valence-electron chi connectivity index (χ0n) is 11.3. The summed E-state index contributed by atoms with van der Waals surface area (Å²) in [4.78, 5) is 1.36. The molecular formula is C15H21NOS. The van der Waals surface area contributed by atoms with Crippen LogP contribution in [0.5, 0.6) is 0 Å². The fourth-order valence-electron chi connectivity index (χ4n) is 2.09. The molecule has 3 heteroatoms. The Bertz CT molecular complexity index is 486. The fourth-order valence-corrected chi connectivity index (χ4v) is 2.83. The van der Waals surface area contributed by atoms with Crippen LogP contribution in [0.4, 0.5) is 0 Å². The summed E-state index contributed by atoms with van der Waals surface area (Å²) in [6.07, 6.45) is 2.07. The highest BCUT2D eigenvalue weighted by Gasteiger charge is 2.19. The Kier molecular flexibility index (Phi) is 4.61. The van der Waals surface area contributed by atoms with Crippen LogP contribution in [0.15, 0.2) is 28.0 Å². The maximum atomic E-state index is 5.91. The van der Waals surface area contributed by atoms with Crippen molar-refractivity contribution in [3.05, 3.63) is 45.5 Å². The van der Waals surface area contributed by atoms with Crippen LogP contribution in [0, 0.1) is 6.92 Å². The SMILES string of the molecule is CCCNC(c1ccc(CC)o1)c1ccsc1C. The van der Waals surface area contributed by atoms with Crippen molar-refractivity contribution in [2.24, 2.45) is 0 Å². The Morgan fingerprint density at radius 3 is 2.67 bits per heavy atom. The zero-order valence-corrected chi connectivity index (χ0v) is 12.1. The molecule has 0 saturated carbocycles. The molecule has 0 radical (unpaired) electrons. The molecule has 0 fully saturated rings. The predicted molar refractivity (Wildman–Crippen MR) is 77.3 cm³/mol. The number of rotatable bonds is 6. The van der Waals surface area contributed by atoms with Crippen molar-refractivity contribution < 1.29 is 4.42 Å². The molecule has 0 aliphatic carbocycles. The maximum absolute atomic E-state index is 5.91. The Labute approximate surface area is 113 Å². The van der Waals surface area contributed by atoms with E-state index in [2.05, 4.69) is 49.7 Å². The summed E-state index contributed by atoms with van der Waals surface area (Å²) in [6, 6.07) is 6.57. The lowest BCUT2D eigenvalue weighted by Crippen LogP contribution is -2.22. The molecular weight excluding hydrogens is 242 g/mol. The summed E-state index contributed by atoms with van der Waals surface area (Å²) >= 11 is 1.79. The first-order valence-corrected chi connectivity index (χ1v) is 7.50. The minimum Gasteiger partial charge on any atom is -0.464 e. The van der Waals surface area contributed by atoms with E-state index in [4.69, 9.17) is 4.42 Å². The van der Waals surface area contributed by atoms with Gasteiger partial charge in [-0.05, 0) is 49.0 Å². The summed E-state index contributed by atoms with van der Waals surface area (Å²) in [6.45, 7) is 7.48. The van der Waals surface area contributed by atoms with Crippen molar-refractivity contribution >= 4 is 11.3 Å². The van der Waals surface area contributed by atoms with Crippen LogP contribution < -0.4 is 5.32 Å². The second-order valence-electron chi connectivity index (χ2n) is 4.48. The molecule has 0 aliphatic heterocycles. The minimum atomic E-state index is 0.191. The van der Waals surface area contributed by atoms with Gasteiger partial charge in [0.1, 0.15) is 11.5 Å². The Morgan fingerprint density at radius 1 is 1.28 bits per heavy atom. The van der Waals surface area contributed by atoms with Crippen LogP contribution in [0.3, 0.4) is 0 Å². The van der Waals surface area contributed by atoms with E-state index in [-0.39, 0.29) is 6.04 Å². The molecule has 2 rings (SSSR count). The molecule has 0 saturated heterocycles. The molecule has 18 heavy (non-hydrogen) atoms. The van der Waals surface area contributed by atoms with E-state index in [9.17, 15) is 0 Å². The number of nitrogens with one attached hydrogen (secondary N) is 1. The monoisotopic (exact) mass is 263 g/mol. The van der Waals surface area contributed by atoms with Gasteiger partial charge in [-0.25, -0.2) is 0 Å². The third-order valence-corrected chi connectivity index (χ3v) is 3.99. The molecule has 2 heterocycles. The molecule has 2 aromatic rings. The van der Waals surface area contributed by atoms with Gasteiger partial charge >= 0.3 is 0 Å². The Balaban J connectivity index is 2.27. The van der Waals surface area contributed by atoms with Crippen molar-refractivity contribution in [1.82, 2.24) is 5.32 Å². The lowest BCUT2D eigenvalue weighted by atomic mass is 10.1. The topological polar surface area (TPSA) is 25.2 Å². The van der Waals surface area contributed by atoms with Crippen LogP contribution >= 0.6 is 11.3 Å². The van der Waals surface area contributed by atoms with Crippen molar-refractivity contribution in [1.29, 1.82) is 0 Å². The normalized spacial score (nSPS) is 12.8. The number of furan rings is 1. The average Bonchev–Trinajstić information content (AvgIpc) is 3.00. The molecule has 2 nitrogen and oxygen atoms in total. The summed E-state index contributed by atoms with van der Waals surface area (Å²) in [7, 11) is 0. The largest absolute Gasteiger partial charge is 0.464 e. The standard InChI is InChI=1S/C15H21NOS/c1-4-9-16-15(13-8-10-18-11(13)3)14-7-6-12(5-2)17-14/h6-8,10,15-16H,4-5,9H2,1-3H3. The second-order valence-corrected chi connectivity index (χ2v) is 5.60. The van der Waals surface area contributed by atoms with Gasteiger partial charge in [0.25, 0.3) is 0 Å². The van der Waals surface area contributed by atoms with Crippen molar-refractivity contribution in [2.75, 3.05) is 6.54 Å². The predicted octanol–water partition coefficient (Wildman–Crippen LogP) is 4.30. The lowest BCUT2D eigenvalue weighted by Gasteiger charge is -2.16.